The largest absolute Gasteiger partial charge is 0.493 e. The minimum Gasteiger partial charge on any atom is -0.493 e. The summed E-state index contributed by atoms with van der Waals surface area (Å²) < 4.78 is 29.3. The molecule has 6 nitrogen and oxygen atoms in total. The van der Waals surface area contributed by atoms with Gasteiger partial charge < -0.3 is 24.6 Å². The Hall–Kier alpha value is -2.64. The Morgan fingerprint density at radius 2 is 1.79 bits per heavy atom. The van der Waals surface area contributed by atoms with Crippen LogP contribution in [0.15, 0.2) is 42.5 Å². The van der Waals surface area contributed by atoms with Gasteiger partial charge in [-0.05, 0) is 48.2 Å². The van der Waals surface area contributed by atoms with Gasteiger partial charge in [-0.3, -0.25) is 4.79 Å². The van der Waals surface area contributed by atoms with Crippen LogP contribution in [0.2, 0.25) is 0 Å². The Morgan fingerprint density at radius 1 is 1.14 bits per heavy atom. The number of benzene rings is 2. The molecular formula is C22H26FNO5. The van der Waals surface area contributed by atoms with Crippen molar-refractivity contribution in [1.82, 2.24) is 5.32 Å². The molecule has 1 fully saturated rings. The van der Waals surface area contributed by atoms with Crippen LogP contribution in [-0.4, -0.2) is 45.0 Å². The van der Waals surface area contributed by atoms with Gasteiger partial charge in [-0.1, -0.05) is 18.2 Å². The molecule has 0 radical (unpaired) electrons. The summed E-state index contributed by atoms with van der Waals surface area (Å²) in [6, 6.07) is 11.1. The Morgan fingerprint density at radius 3 is 2.41 bits per heavy atom. The second-order valence-electron chi connectivity index (χ2n) is 7.04. The maximum Gasteiger partial charge on any atom is 0.230 e. The van der Waals surface area contributed by atoms with E-state index >= 15 is 0 Å². The van der Waals surface area contributed by atoms with Crippen LogP contribution in [-0.2, 0) is 14.9 Å². The zero-order chi connectivity index (χ0) is 20.9. The van der Waals surface area contributed by atoms with Crippen LogP contribution in [0.3, 0.4) is 0 Å². The van der Waals surface area contributed by atoms with Gasteiger partial charge in [0.05, 0.1) is 25.7 Å². The standard InChI is InChI=1S/C22H26FNO5/c1-27-19-8-3-15(13-20(19)28-2)18(25)14-24-21(26)22(9-11-29-12-10-22)16-4-6-17(23)7-5-16/h3-8,13,18,25H,9-12,14H2,1-2H3,(H,24,26). The van der Waals surface area contributed by atoms with Crippen molar-refractivity contribution in [3.63, 3.8) is 0 Å². The molecule has 0 aliphatic carbocycles. The van der Waals surface area contributed by atoms with Crippen LogP contribution >= 0.6 is 0 Å². The molecule has 2 N–H and O–H groups in total. The van der Waals surface area contributed by atoms with Gasteiger partial charge in [-0.25, -0.2) is 4.39 Å². The van der Waals surface area contributed by atoms with Gasteiger partial charge >= 0.3 is 0 Å². The van der Waals surface area contributed by atoms with Gasteiger partial charge in [0.1, 0.15) is 5.82 Å². The Kier molecular flexibility index (Phi) is 6.71. The number of carbonyl (C=O) groups excluding carboxylic acids is 1. The molecule has 1 heterocycles. The molecule has 2 aromatic rings. The first kappa shape index (κ1) is 21.1. The summed E-state index contributed by atoms with van der Waals surface area (Å²) >= 11 is 0. The Balaban J connectivity index is 1.74. The lowest BCUT2D eigenvalue weighted by atomic mass is 9.73. The molecule has 1 unspecified atom stereocenters. The maximum atomic E-state index is 13.4. The molecule has 2 aromatic carbocycles. The first-order valence-corrected chi connectivity index (χ1v) is 9.52. The summed E-state index contributed by atoms with van der Waals surface area (Å²) in [6.07, 6.45) is 0.0808. The summed E-state index contributed by atoms with van der Waals surface area (Å²) in [5, 5.41) is 13.4. The molecule has 156 valence electrons. The lowest BCUT2D eigenvalue weighted by Gasteiger charge is -2.36. The topological polar surface area (TPSA) is 77.0 Å². The molecule has 1 aliphatic rings. The third-order valence-electron chi connectivity index (χ3n) is 5.43. The Labute approximate surface area is 169 Å². The van der Waals surface area contributed by atoms with Crippen molar-refractivity contribution >= 4 is 5.91 Å². The molecular weight excluding hydrogens is 377 g/mol. The maximum absolute atomic E-state index is 13.4. The molecule has 1 amide bonds. The fraction of sp³-hybridized carbons (Fsp3) is 0.409. The summed E-state index contributed by atoms with van der Waals surface area (Å²) in [4.78, 5) is 13.1. The van der Waals surface area contributed by atoms with E-state index in [1.54, 1.807) is 30.3 Å². The number of aliphatic hydroxyl groups excluding tert-OH is 1. The van der Waals surface area contributed by atoms with Gasteiger partial charge in [-0.2, -0.15) is 0 Å². The molecule has 1 aliphatic heterocycles. The van der Waals surface area contributed by atoms with Crippen molar-refractivity contribution in [3.8, 4) is 11.5 Å². The van der Waals surface area contributed by atoms with Crippen molar-refractivity contribution in [2.45, 2.75) is 24.4 Å². The first-order valence-electron chi connectivity index (χ1n) is 9.52. The van der Waals surface area contributed by atoms with Gasteiger partial charge in [0.2, 0.25) is 5.91 Å². The third kappa shape index (κ3) is 4.52. The first-order chi connectivity index (χ1) is 14.0. The average Bonchev–Trinajstić information content (AvgIpc) is 2.77. The number of halogens is 1. The lowest BCUT2D eigenvalue weighted by Crippen LogP contribution is -2.48. The molecule has 0 spiro atoms. The van der Waals surface area contributed by atoms with Gasteiger partial charge in [0.15, 0.2) is 11.5 Å². The van der Waals surface area contributed by atoms with Crippen LogP contribution in [0.5, 0.6) is 11.5 Å². The fourth-order valence-corrected chi connectivity index (χ4v) is 3.67. The number of aliphatic hydroxyl groups is 1. The van der Waals surface area contributed by atoms with Crippen molar-refractivity contribution in [2.75, 3.05) is 34.0 Å². The van der Waals surface area contributed by atoms with Crippen molar-refractivity contribution in [1.29, 1.82) is 0 Å². The number of amides is 1. The number of rotatable bonds is 7. The predicted molar refractivity (Wildman–Crippen MR) is 106 cm³/mol. The summed E-state index contributed by atoms with van der Waals surface area (Å²) in [5.41, 5.74) is 0.551. The lowest BCUT2D eigenvalue weighted by molar-refractivity contribution is -0.131. The quantitative estimate of drug-likeness (QED) is 0.744. The van der Waals surface area contributed by atoms with E-state index < -0.39 is 11.5 Å². The van der Waals surface area contributed by atoms with E-state index in [0.29, 0.717) is 43.1 Å². The van der Waals surface area contributed by atoms with Gasteiger partial charge in [0, 0.05) is 19.8 Å². The van der Waals surface area contributed by atoms with Gasteiger partial charge in [-0.15, -0.1) is 0 Å². The molecule has 3 rings (SSSR count). The highest BCUT2D eigenvalue weighted by Crippen LogP contribution is 2.35. The van der Waals surface area contributed by atoms with E-state index in [2.05, 4.69) is 5.32 Å². The minimum atomic E-state index is -0.913. The van der Waals surface area contributed by atoms with Crippen molar-refractivity contribution < 1.29 is 28.5 Å². The molecule has 7 heteroatoms. The van der Waals surface area contributed by atoms with Crippen LogP contribution in [0.4, 0.5) is 4.39 Å². The SMILES string of the molecule is COc1ccc(C(O)CNC(=O)C2(c3ccc(F)cc3)CCOCC2)cc1OC. The van der Waals surface area contributed by atoms with Crippen LogP contribution in [0.1, 0.15) is 30.1 Å². The normalized spacial score (nSPS) is 16.7. The van der Waals surface area contributed by atoms with Crippen LogP contribution in [0.25, 0.3) is 0 Å². The zero-order valence-electron chi connectivity index (χ0n) is 16.6. The second kappa shape index (κ2) is 9.24. The van der Waals surface area contributed by atoms with Crippen LogP contribution < -0.4 is 14.8 Å². The van der Waals surface area contributed by atoms with Crippen molar-refractivity contribution in [2.24, 2.45) is 0 Å². The smallest absolute Gasteiger partial charge is 0.230 e. The molecule has 0 saturated carbocycles. The number of hydrogen-bond acceptors (Lipinski definition) is 5. The van der Waals surface area contributed by atoms with E-state index in [0.717, 1.165) is 5.56 Å². The van der Waals surface area contributed by atoms with E-state index in [4.69, 9.17) is 14.2 Å². The minimum absolute atomic E-state index is 0.0398. The van der Waals surface area contributed by atoms with Gasteiger partial charge in [0.25, 0.3) is 0 Å². The highest BCUT2D eigenvalue weighted by molar-refractivity contribution is 5.88. The molecule has 0 aromatic heterocycles. The molecule has 29 heavy (non-hydrogen) atoms. The summed E-state index contributed by atoms with van der Waals surface area (Å²) in [6.45, 7) is 0.935. The number of ether oxygens (including phenoxy) is 3. The van der Waals surface area contributed by atoms with E-state index in [1.807, 2.05) is 0 Å². The number of nitrogens with one attached hydrogen (secondary N) is 1. The highest BCUT2D eigenvalue weighted by Gasteiger charge is 2.41. The average molecular weight is 403 g/mol. The highest BCUT2D eigenvalue weighted by atomic mass is 19.1. The third-order valence-corrected chi connectivity index (χ3v) is 5.43. The second-order valence-corrected chi connectivity index (χ2v) is 7.04. The van der Waals surface area contributed by atoms with E-state index in [9.17, 15) is 14.3 Å². The zero-order valence-corrected chi connectivity index (χ0v) is 16.6. The fourth-order valence-electron chi connectivity index (χ4n) is 3.67. The number of hydrogen-bond donors (Lipinski definition) is 2. The molecule has 1 saturated heterocycles. The number of carbonyl (C=O) groups is 1. The Bertz CT molecular complexity index is 834. The molecule has 1 atom stereocenters. The van der Waals surface area contributed by atoms with Crippen molar-refractivity contribution in [3.05, 3.63) is 59.4 Å². The van der Waals surface area contributed by atoms with E-state index in [1.165, 1.54) is 26.4 Å². The monoisotopic (exact) mass is 403 g/mol. The summed E-state index contributed by atoms with van der Waals surface area (Å²) in [5.74, 6) is 0.514. The van der Waals surface area contributed by atoms with E-state index in [-0.39, 0.29) is 18.3 Å². The van der Waals surface area contributed by atoms with Crippen LogP contribution in [0, 0.1) is 5.82 Å². The predicted octanol–water partition coefficient (Wildman–Crippen LogP) is 2.74. The number of methoxy groups -OCH3 is 2. The summed E-state index contributed by atoms with van der Waals surface area (Å²) in [7, 11) is 3.06. The molecule has 0 bridgehead atoms.